The molecule has 4 nitrogen and oxygen atoms in total. The van der Waals surface area contributed by atoms with Gasteiger partial charge in [0.2, 0.25) is 0 Å². The van der Waals surface area contributed by atoms with Crippen molar-refractivity contribution in [2.45, 2.75) is 18.3 Å². The molecule has 0 fully saturated rings. The minimum absolute atomic E-state index is 0.497. The van der Waals surface area contributed by atoms with Gasteiger partial charge in [0.25, 0.3) is 0 Å². The lowest BCUT2D eigenvalue weighted by Gasteiger charge is -2.39. The van der Waals surface area contributed by atoms with Crippen molar-refractivity contribution in [3.05, 3.63) is 210 Å². The van der Waals surface area contributed by atoms with Gasteiger partial charge in [-0.3, -0.25) is 4.98 Å². The molecule has 0 saturated carbocycles. The Bertz CT molecular complexity index is 3130. The molecule has 0 saturated heterocycles. The fraction of sp³-hybridized carbons (Fsp3) is 0.0577. The molecule has 0 bridgehead atoms. The van der Waals surface area contributed by atoms with Gasteiger partial charge in [0.15, 0.2) is 5.82 Å². The van der Waals surface area contributed by atoms with E-state index >= 15 is 0 Å². The highest BCUT2D eigenvalue weighted by Crippen LogP contribution is 2.61. The molecule has 0 amide bonds. The second-order valence-electron chi connectivity index (χ2n) is 15.0. The smallest absolute Gasteiger partial charge is 0.160 e. The first-order valence-corrected chi connectivity index (χ1v) is 19.4. The van der Waals surface area contributed by atoms with Crippen LogP contribution in [-0.2, 0) is 5.41 Å². The van der Waals surface area contributed by atoms with Gasteiger partial charge in [-0.2, -0.15) is 0 Å². The molecule has 4 heterocycles. The van der Waals surface area contributed by atoms with E-state index in [1.165, 1.54) is 60.9 Å². The SMILES string of the molecule is C1=CC(c2nc(-c3ccccc3)cc(-c3ccc(-c4ccc5c(c4)C4(c6ccccc6-5)c5ccccc5-n5c6ccccc6c6cccc4c65)cn3)n2)=CCC1. The predicted octanol–water partition coefficient (Wildman–Crippen LogP) is 12.4. The first-order chi connectivity index (χ1) is 27.8. The Balaban J connectivity index is 1.04. The van der Waals surface area contributed by atoms with E-state index < -0.39 is 5.41 Å². The lowest BCUT2D eigenvalue weighted by molar-refractivity contribution is 0.749. The van der Waals surface area contributed by atoms with Gasteiger partial charge in [0.05, 0.1) is 39.2 Å². The zero-order valence-corrected chi connectivity index (χ0v) is 30.5. The normalized spacial score (nSPS) is 16.2. The Hall–Kier alpha value is -7.17. The Morgan fingerprint density at radius 2 is 1.25 bits per heavy atom. The number of fused-ring (bicyclic) bond motifs is 12. The summed E-state index contributed by atoms with van der Waals surface area (Å²) in [5.41, 5.74) is 17.9. The minimum atomic E-state index is -0.497. The van der Waals surface area contributed by atoms with Gasteiger partial charge in [-0.05, 0) is 82.1 Å². The number of nitrogens with zero attached hydrogens (tertiary/aromatic N) is 4. The van der Waals surface area contributed by atoms with Crippen LogP contribution >= 0.6 is 0 Å². The molecule has 3 aromatic heterocycles. The fourth-order valence-corrected chi connectivity index (χ4v) is 9.70. The van der Waals surface area contributed by atoms with E-state index in [0.29, 0.717) is 0 Å². The van der Waals surface area contributed by atoms with Crippen molar-refractivity contribution >= 4 is 27.4 Å². The second-order valence-corrected chi connectivity index (χ2v) is 15.0. The number of para-hydroxylation sites is 3. The van der Waals surface area contributed by atoms with E-state index in [-0.39, 0.29) is 0 Å². The standard InChI is InChI=1S/C52H34N4/c1-3-14-33(15-4-1)46-31-47(55-51(54-46)34-16-5-2-6-17-34)45-29-27-36(32-53-45)35-26-28-38-37-18-7-9-21-41(37)52(44(38)30-35)42-22-10-12-25-49(42)56-48-24-11-8-19-39(48)40-20-13-23-43(52)50(40)56/h1,3-5,7-32H,2,6H2. The lowest BCUT2D eigenvalue weighted by Crippen LogP contribution is -2.33. The van der Waals surface area contributed by atoms with Crippen LogP contribution in [0, 0.1) is 0 Å². The van der Waals surface area contributed by atoms with Crippen molar-refractivity contribution in [1.29, 1.82) is 0 Å². The molecular weight excluding hydrogens is 681 g/mol. The summed E-state index contributed by atoms with van der Waals surface area (Å²) >= 11 is 0. The molecule has 1 spiro atoms. The van der Waals surface area contributed by atoms with Crippen molar-refractivity contribution in [3.63, 3.8) is 0 Å². The van der Waals surface area contributed by atoms with E-state index in [2.05, 4.69) is 174 Å². The molecule has 1 atom stereocenters. The van der Waals surface area contributed by atoms with Crippen LogP contribution in [0.3, 0.4) is 0 Å². The van der Waals surface area contributed by atoms with E-state index in [4.69, 9.17) is 15.0 Å². The summed E-state index contributed by atoms with van der Waals surface area (Å²) in [6.45, 7) is 0. The van der Waals surface area contributed by atoms with E-state index in [1.807, 2.05) is 12.3 Å². The third-order valence-electron chi connectivity index (χ3n) is 12.1. The number of allylic oxidation sites excluding steroid dienone is 4. The van der Waals surface area contributed by atoms with Crippen LogP contribution in [0.15, 0.2) is 182 Å². The highest BCUT2D eigenvalue weighted by atomic mass is 15.0. The number of aromatic nitrogens is 4. The van der Waals surface area contributed by atoms with Crippen LogP contribution in [-0.4, -0.2) is 19.5 Å². The molecule has 56 heavy (non-hydrogen) atoms. The molecule has 12 rings (SSSR count). The average Bonchev–Trinajstić information content (AvgIpc) is 3.77. The molecule has 2 aliphatic carbocycles. The Morgan fingerprint density at radius 3 is 2.12 bits per heavy atom. The number of rotatable bonds is 4. The maximum atomic E-state index is 5.07. The van der Waals surface area contributed by atoms with Gasteiger partial charge in [-0.1, -0.05) is 146 Å². The first kappa shape index (κ1) is 31.2. The maximum Gasteiger partial charge on any atom is 0.160 e. The van der Waals surface area contributed by atoms with Gasteiger partial charge in [-0.15, -0.1) is 0 Å². The van der Waals surface area contributed by atoms with Gasteiger partial charge >= 0.3 is 0 Å². The summed E-state index contributed by atoms with van der Waals surface area (Å²) in [4.78, 5) is 15.1. The van der Waals surface area contributed by atoms with Crippen molar-refractivity contribution in [2.75, 3.05) is 0 Å². The highest BCUT2D eigenvalue weighted by molar-refractivity contribution is 6.12. The first-order valence-electron chi connectivity index (χ1n) is 19.4. The summed E-state index contributed by atoms with van der Waals surface area (Å²) in [7, 11) is 0. The largest absolute Gasteiger partial charge is 0.309 e. The van der Waals surface area contributed by atoms with Crippen LogP contribution in [0.4, 0.5) is 0 Å². The quantitative estimate of drug-likeness (QED) is 0.182. The van der Waals surface area contributed by atoms with Gasteiger partial charge < -0.3 is 4.57 Å². The molecular formula is C52H34N4. The molecule has 4 heteroatoms. The summed E-state index contributed by atoms with van der Waals surface area (Å²) < 4.78 is 2.50. The average molecular weight is 715 g/mol. The Kier molecular flexibility index (Phi) is 6.64. The molecule has 1 aliphatic heterocycles. The summed E-state index contributed by atoms with van der Waals surface area (Å²) in [6.07, 6.45) is 10.6. The molecule has 0 radical (unpaired) electrons. The molecule has 0 N–H and O–H groups in total. The minimum Gasteiger partial charge on any atom is -0.309 e. The van der Waals surface area contributed by atoms with Crippen molar-refractivity contribution in [3.8, 4) is 50.6 Å². The van der Waals surface area contributed by atoms with Crippen molar-refractivity contribution in [1.82, 2.24) is 19.5 Å². The van der Waals surface area contributed by atoms with E-state index in [0.717, 1.165) is 58.0 Å². The summed E-state index contributed by atoms with van der Waals surface area (Å²) in [6, 6.07) is 57.5. The molecule has 9 aromatic rings. The van der Waals surface area contributed by atoms with Crippen molar-refractivity contribution in [2.24, 2.45) is 0 Å². The summed E-state index contributed by atoms with van der Waals surface area (Å²) in [5.74, 6) is 0.730. The Morgan fingerprint density at radius 1 is 0.500 bits per heavy atom. The number of hydrogen-bond donors (Lipinski definition) is 0. The number of pyridine rings is 1. The van der Waals surface area contributed by atoms with Crippen LogP contribution in [0.2, 0.25) is 0 Å². The zero-order chi connectivity index (χ0) is 36.8. The maximum absolute atomic E-state index is 5.07. The van der Waals surface area contributed by atoms with Gasteiger partial charge in [0.1, 0.15) is 0 Å². The summed E-state index contributed by atoms with van der Waals surface area (Å²) in [5, 5.41) is 2.56. The lowest BCUT2D eigenvalue weighted by atomic mass is 9.65. The monoisotopic (exact) mass is 714 g/mol. The molecule has 262 valence electrons. The zero-order valence-electron chi connectivity index (χ0n) is 30.5. The molecule has 1 unspecified atom stereocenters. The topological polar surface area (TPSA) is 43.6 Å². The number of benzene rings is 6. The van der Waals surface area contributed by atoms with E-state index in [9.17, 15) is 0 Å². The third-order valence-corrected chi connectivity index (χ3v) is 12.1. The van der Waals surface area contributed by atoms with E-state index in [1.54, 1.807) is 0 Å². The highest BCUT2D eigenvalue weighted by Gasteiger charge is 2.50. The van der Waals surface area contributed by atoms with Crippen LogP contribution in [0.5, 0.6) is 0 Å². The van der Waals surface area contributed by atoms with Crippen LogP contribution < -0.4 is 0 Å². The fourth-order valence-electron chi connectivity index (χ4n) is 9.70. The Labute approximate surface area is 324 Å². The van der Waals surface area contributed by atoms with Gasteiger partial charge in [-0.25, -0.2) is 9.97 Å². The van der Waals surface area contributed by atoms with Crippen molar-refractivity contribution < 1.29 is 0 Å². The molecule has 6 aromatic carbocycles. The van der Waals surface area contributed by atoms with Crippen LogP contribution in [0.1, 0.15) is 40.9 Å². The third kappa shape index (κ3) is 4.32. The predicted molar refractivity (Wildman–Crippen MR) is 228 cm³/mol. The number of hydrogen-bond acceptors (Lipinski definition) is 3. The van der Waals surface area contributed by atoms with Crippen LogP contribution in [0.25, 0.3) is 78.0 Å². The molecule has 3 aliphatic rings. The van der Waals surface area contributed by atoms with Gasteiger partial charge in [0, 0.05) is 33.7 Å². The second kappa shape index (κ2) is 11.9.